The lowest BCUT2D eigenvalue weighted by molar-refractivity contribution is 0.0693. The molecule has 0 spiro atoms. The van der Waals surface area contributed by atoms with Crippen molar-refractivity contribution >= 4 is 22.1 Å². The van der Waals surface area contributed by atoms with Gasteiger partial charge in [-0.15, -0.1) is 0 Å². The number of phenols is 1. The van der Waals surface area contributed by atoms with Crippen molar-refractivity contribution in [1.82, 2.24) is 0 Å². The molecular weight excluding hydrogens is 254 g/mol. The fourth-order valence-corrected chi connectivity index (χ4v) is 1.50. The SMILES string of the molecule is Cc1c(N)c(OS(=O)(=O)O)cc(C(=O)O)c1O. The van der Waals surface area contributed by atoms with Crippen LogP contribution in [0.1, 0.15) is 15.9 Å². The van der Waals surface area contributed by atoms with Gasteiger partial charge in [0.25, 0.3) is 0 Å². The van der Waals surface area contributed by atoms with Crippen molar-refractivity contribution in [3.8, 4) is 11.5 Å². The van der Waals surface area contributed by atoms with Gasteiger partial charge in [-0.3, -0.25) is 4.55 Å². The largest absolute Gasteiger partial charge is 0.507 e. The number of hydrogen-bond acceptors (Lipinski definition) is 6. The minimum absolute atomic E-state index is 0.0662. The van der Waals surface area contributed by atoms with E-state index in [0.29, 0.717) is 6.07 Å². The van der Waals surface area contributed by atoms with Crippen LogP contribution < -0.4 is 9.92 Å². The van der Waals surface area contributed by atoms with E-state index >= 15 is 0 Å². The highest BCUT2D eigenvalue weighted by Crippen LogP contribution is 2.35. The van der Waals surface area contributed by atoms with Crippen LogP contribution >= 0.6 is 0 Å². The van der Waals surface area contributed by atoms with Crippen molar-refractivity contribution in [1.29, 1.82) is 0 Å². The van der Waals surface area contributed by atoms with Crippen molar-refractivity contribution in [2.75, 3.05) is 5.73 Å². The van der Waals surface area contributed by atoms with Crippen molar-refractivity contribution < 1.29 is 32.2 Å². The molecule has 1 aromatic rings. The van der Waals surface area contributed by atoms with Crippen LogP contribution in [0.25, 0.3) is 0 Å². The summed E-state index contributed by atoms with van der Waals surface area (Å²) in [6.45, 7) is 1.27. The van der Waals surface area contributed by atoms with E-state index in [2.05, 4.69) is 4.18 Å². The molecule has 0 saturated carbocycles. The van der Waals surface area contributed by atoms with Gasteiger partial charge in [-0.05, 0) is 6.92 Å². The predicted molar refractivity (Wildman–Crippen MR) is 56.4 cm³/mol. The van der Waals surface area contributed by atoms with Crippen molar-refractivity contribution in [3.05, 3.63) is 17.2 Å². The number of aromatic hydroxyl groups is 1. The number of aromatic carboxylic acids is 1. The number of carboxylic acid groups (broad SMARTS) is 1. The van der Waals surface area contributed by atoms with E-state index < -0.39 is 33.4 Å². The molecule has 0 aliphatic heterocycles. The van der Waals surface area contributed by atoms with E-state index in [1.165, 1.54) is 6.92 Å². The molecule has 0 amide bonds. The molecule has 9 heteroatoms. The van der Waals surface area contributed by atoms with Gasteiger partial charge in [-0.25, -0.2) is 4.79 Å². The van der Waals surface area contributed by atoms with Gasteiger partial charge in [0.05, 0.1) is 5.69 Å². The normalized spacial score (nSPS) is 11.2. The second kappa shape index (κ2) is 4.11. The summed E-state index contributed by atoms with van der Waals surface area (Å²) in [6.07, 6.45) is 0. The zero-order chi connectivity index (χ0) is 13.4. The van der Waals surface area contributed by atoms with E-state index in [4.69, 9.17) is 15.4 Å². The van der Waals surface area contributed by atoms with Crippen molar-refractivity contribution in [2.45, 2.75) is 6.92 Å². The number of rotatable bonds is 3. The topological polar surface area (TPSA) is 147 Å². The standard InChI is InChI=1S/C8H9NO7S/c1-3-6(9)5(16-17(13,14)15)2-4(7(3)10)8(11)12/h2,10H,9H2,1H3,(H,11,12)(H,13,14,15). The quantitative estimate of drug-likeness (QED) is 0.445. The summed E-state index contributed by atoms with van der Waals surface area (Å²) in [7, 11) is -4.83. The van der Waals surface area contributed by atoms with Crippen LogP contribution in [-0.2, 0) is 10.4 Å². The highest BCUT2D eigenvalue weighted by Gasteiger charge is 2.20. The van der Waals surface area contributed by atoms with Crippen LogP contribution in [0.15, 0.2) is 6.07 Å². The first-order valence-electron chi connectivity index (χ1n) is 4.15. The third-order valence-corrected chi connectivity index (χ3v) is 2.37. The van der Waals surface area contributed by atoms with E-state index in [-0.39, 0.29) is 11.3 Å². The monoisotopic (exact) mass is 263 g/mol. The Hall–Kier alpha value is -2.00. The Balaban J connectivity index is 3.47. The maximum atomic E-state index is 10.7. The van der Waals surface area contributed by atoms with Gasteiger partial charge in [0.1, 0.15) is 11.3 Å². The molecule has 0 aliphatic carbocycles. The molecule has 17 heavy (non-hydrogen) atoms. The molecule has 1 aromatic carbocycles. The van der Waals surface area contributed by atoms with Gasteiger partial charge in [-0.1, -0.05) is 0 Å². The smallest absolute Gasteiger partial charge is 0.446 e. The minimum atomic E-state index is -4.83. The van der Waals surface area contributed by atoms with Crippen LogP contribution in [0.4, 0.5) is 5.69 Å². The lowest BCUT2D eigenvalue weighted by Gasteiger charge is -2.11. The zero-order valence-corrected chi connectivity index (χ0v) is 9.35. The van der Waals surface area contributed by atoms with Gasteiger partial charge in [0.2, 0.25) is 0 Å². The number of nitrogens with two attached hydrogens (primary N) is 1. The summed E-state index contributed by atoms with van der Waals surface area (Å²) in [4.78, 5) is 10.7. The first-order chi connectivity index (χ1) is 7.63. The second-order valence-electron chi connectivity index (χ2n) is 3.13. The summed E-state index contributed by atoms with van der Waals surface area (Å²) < 4.78 is 33.6. The van der Waals surface area contributed by atoms with Gasteiger partial charge in [0, 0.05) is 11.6 Å². The van der Waals surface area contributed by atoms with Gasteiger partial charge >= 0.3 is 16.4 Å². The highest BCUT2D eigenvalue weighted by molar-refractivity contribution is 7.81. The fraction of sp³-hybridized carbons (Fsp3) is 0.125. The van der Waals surface area contributed by atoms with Crippen LogP contribution in [0.5, 0.6) is 11.5 Å². The molecule has 0 aromatic heterocycles. The first-order valence-corrected chi connectivity index (χ1v) is 5.52. The molecule has 0 bridgehead atoms. The summed E-state index contributed by atoms with van der Waals surface area (Å²) >= 11 is 0. The van der Waals surface area contributed by atoms with Crippen LogP contribution in [0, 0.1) is 6.92 Å². The Morgan fingerprint density at radius 2 is 2.00 bits per heavy atom. The molecule has 0 aliphatic rings. The number of carboxylic acids is 1. The molecule has 8 nitrogen and oxygen atoms in total. The molecule has 0 radical (unpaired) electrons. The molecule has 5 N–H and O–H groups in total. The summed E-state index contributed by atoms with van der Waals surface area (Å²) in [5.74, 6) is -2.66. The average Bonchev–Trinajstić information content (AvgIpc) is 2.16. The summed E-state index contributed by atoms with van der Waals surface area (Å²) in [5.41, 5.74) is 4.47. The van der Waals surface area contributed by atoms with Crippen molar-refractivity contribution in [2.24, 2.45) is 0 Å². The fourth-order valence-electron chi connectivity index (χ4n) is 1.14. The lowest BCUT2D eigenvalue weighted by atomic mass is 10.1. The Morgan fingerprint density at radius 1 is 1.47 bits per heavy atom. The van der Waals surface area contributed by atoms with Crippen molar-refractivity contribution in [3.63, 3.8) is 0 Å². The third-order valence-electron chi connectivity index (χ3n) is 1.98. The van der Waals surface area contributed by atoms with Crippen LogP contribution in [0.3, 0.4) is 0 Å². The average molecular weight is 263 g/mol. The number of benzene rings is 1. The van der Waals surface area contributed by atoms with E-state index in [1.54, 1.807) is 0 Å². The Labute approximate surface area is 96.2 Å². The molecule has 1 rings (SSSR count). The number of nitrogen functional groups attached to an aromatic ring is 1. The van der Waals surface area contributed by atoms with Gasteiger partial charge in [0.15, 0.2) is 5.75 Å². The molecule has 0 unspecified atom stereocenters. The summed E-state index contributed by atoms with van der Waals surface area (Å²) in [5, 5.41) is 18.2. The van der Waals surface area contributed by atoms with Gasteiger partial charge in [-0.2, -0.15) is 8.42 Å². The van der Waals surface area contributed by atoms with E-state index in [9.17, 15) is 18.3 Å². The Bertz CT molecular complexity index is 578. The maximum absolute atomic E-state index is 10.7. The molecule has 94 valence electrons. The Kier molecular flexibility index (Phi) is 3.16. The third kappa shape index (κ3) is 2.77. The lowest BCUT2D eigenvalue weighted by Crippen LogP contribution is -2.10. The van der Waals surface area contributed by atoms with E-state index in [0.717, 1.165) is 0 Å². The number of carbonyl (C=O) groups is 1. The molecule has 0 fully saturated rings. The van der Waals surface area contributed by atoms with E-state index in [1.807, 2.05) is 0 Å². The van der Waals surface area contributed by atoms with Gasteiger partial charge < -0.3 is 20.1 Å². The number of hydrogen-bond donors (Lipinski definition) is 4. The first kappa shape index (κ1) is 13.1. The Morgan fingerprint density at radius 3 is 2.41 bits per heavy atom. The summed E-state index contributed by atoms with van der Waals surface area (Å²) in [6, 6.07) is 0.702. The minimum Gasteiger partial charge on any atom is -0.507 e. The second-order valence-corrected chi connectivity index (χ2v) is 4.15. The predicted octanol–water partition coefficient (Wildman–Crippen LogP) is 0.163. The van der Waals surface area contributed by atoms with Crippen LogP contribution in [0.2, 0.25) is 0 Å². The van der Waals surface area contributed by atoms with Crippen LogP contribution in [-0.4, -0.2) is 29.2 Å². The zero-order valence-electron chi connectivity index (χ0n) is 8.54. The maximum Gasteiger partial charge on any atom is 0.446 e. The molecule has 0 atom stereocenters. The highest BCUT2D eigenvalue weighted by atomic mass is 32.3. The number of anilines is 1. The molecular formula is C8H9NO7S. The molecule has 0 saturated heterocycles. The molecule has 0 heterocycles.